The molecule has 86 valence electrons. The van der Waals surface area contributed by atoms with Crippen molar-refractivity contribution in [2.24, 2.45) is 0 Å². The highest BCUT2D eigenvalue weighted by Gasteiger charge is 2.31. The quantitative estimate of drug-likeness (QED) is 0.793. The van der Waals surface area contributed by atoms with E-state index in [1.807, 2.05) is 23.1 Å². The van der Waals surface area contributed by atoms with Gasteiger partial charge in [0.15, 0.2) is 0 Å². The number of hydrogen-bond donors (Lipinski definition) is 1. The molecule has 0 aliphatic carbocycles. The van der Waals surface area contributed by atoms with E-state index in [0.717, 1.165) is 15.8 Å². The first kappa shape index (κ1) is 11.5. The van der Waals surface area contributed by atoms with Gasteiger partial charge in [0, 0.05) is 23.5 Å². The lowest BCUT2D eigenvalue weighted by Crippen LogP contribution is -2.50. The minimum absolute atomic E-state index is 0.0777. The zero-order valence-corrected chi connectivity index (χ0v) is 11.3. The molecule has 0 spiro atoms. The van der Waals surface area contributed by atoms with Crippen LogP contribution in [0.3, 0.4) is 0 Å². The number of halogens is 1. The van der Waals surface area contributed by atoms with E-state index in [1.54, 1.807) is 6.92 Å². The first-order valence-corrected chi connectivity index (χ1v) is 6.04. The van der Waals surface area contributed by atoms with E-state index in [0.29, 0.717) is 6.54 Å². The van der Waals surface area contributed by atoms with Gasteiger partial charge in [-0.25, -0.2) is 0 Å². The van der Waals surface area contributed by atoms with Crippen LogP contribution in [-0.2, 0) is 4.79 Å². The maximum absolute atomic E-state index is 11.6. The summed E-state index contributed by atoms with van der Waals surface area (Å²) in [6.07, 6.45) is 0. The highest BCUT2D eigenvalue weighted by molar-refractivity contribution is 9.10. The van der Waals surface area contributed by atoms with E-state index in [9.17, 15) is 4.79 Å². The van der Waals surface area contributed by atoms with Crippen LogP contribution in [0.15, 0.2) is 22.7 Å². The Balaban J connectivity index is 2.51. The van der Waals surface area contributed by atoms with Crippen molar-refractivity contribution in [3.8, 4) is 0 Å². The molecule has 2 rings (SSSR count). The lowest BCUT2D eigenvalue weighted by molar-refractivity contribution is -0.116. The predicted molar refractivity (Wildman–Crippen MR) is 69.9 cm³/mol. The van der Waals surface area contributed by atoms with Crippen molar-refractivity contribution in [1.29, 1.82) is 0 Å². The molecule has 1 heterocycles. The van der Waals surface area contributed by atoms with Crippen LogP contribution in [0.4, 0.5) is 11.4 Å². The summed E-state index contributed by atoms with van der Waals surface area (Å²) in [6, 6.07) is 5.95. The summed E-state index contributed by atoms with van der Waals surface area (Å²) in [4.78, 5) is 13.5. The molecular weight excluding hydrogens is 268 g/mol. The van der Waals surface area contributed by atoms with Crippen LogP contribution in [0.5, 0.6) is 0 Å². The van der Waals surface area contributed by atoms with Crippen molar-refractivity contribution in [2.75, 3.05) is 16.8 Å². The maximum Gasteiger partial charge on any atom is 0.224 e. The third-order valence-electron chi connectivity index (χ3n) is 2.66. The highest BCUT2D eigenvalue weighted by Crippen LogP contribution is 2.36. The SMILES string of the molecule is CC(=O)N1CC(C)(C)Nc2ccc(Br)cc21. The second-order valence-electron chi connectivity index (χ2n) is 4.78. The average Bonchev–Trinajstić information content (AvgIpc) is 2.16. The molecule has 1 amide bonds. The van der Waals surface area contributed by atoms with Crippen molar-refractivity contribution < 1.29 is 4.79 Å². The van der Waals surface area contributed by atoms with Crippen molar-refractivity contribution in [1.82, 2.24) is 0 Å². The molecule has 16 heavy (non-hydrogen) atoms. The minimum Gasteiger partial charge on any atom is -0.377 e. The number of nitrogens with one attached hydrogen (secondary N) is 1. The van der Waals surface area contributed by atoms with Crippen LogP contribution in [0.25, 0.3) is 0 Å². The van der Waals surface area contributed by atoms with Crippen molar-refractivity contribution >= 4 is 33.2 Å². The lowest BCUT2D eigenvalue weighted by Gasteiger charge is -2.40. The van der Waals surface area contributed by atoms with Gasteiger partial charge in [0.05, 0.1) is 11.4 Å². The summed E-state index contributed by atoms with van der Waals surface area (Å²) in [6.45, 7) is 6.47. The molecule has 0 radical (unpaired) electrons. The van der Waals surface area contributed by atoms with Gasteiger partial charge in [0.2, 0.25) is 5.91 Å². The number of amides is 1. The summed E-state index contributed by atoms with van der Waals surface area (Å²) in [5, 5.41) is 3.43. The molecule has 0 aromatic heterocycles. The molecular formula is C12H15BrN2O. The smallest absolute Gasteiger partial charge is 0.224 e. The van der Waals surface area contributed by atoms with Gasteiger partial charge in [-0.15, -0.1) is 0 Å². The Morgan fingerprint density at radius 1 is 1.50 bits per heavy atom. The largest absolute Gasteiger partial charge is 0.377 e. The fourth-order valence-corrected chi connectivity index (χ4v) is 2.35. The van der Waals surface area contributed by atoms with E-state index in [1.165, 1.54) is 0 Å². The third-order valence-corrected chi connectivity index (χ3v) is 3.15. The van der Waals surface area contributed by atoms with Gasteiger partial charge in [-0.2, -0.15) is 0 Å². The Hall–Kier alpha value is -1.03. The van der Waals surface area contributed by atoms with Crippen molar-refractivity contribution in [3.05, 3.63) is 22.7 Å². The summed E-state index contributed by atoms with van der Waals surface area (Å²) in [7, 11) is 0. The van der Waals surface area contributed by atoms with Gasteiger partial charge in [0.1, 0.15) is 0 Å². The van der Waals surface area contributed by atoms with Crippen molar-refractivity contribution in [3.63, 3.8) is 0 Å². The summed E-state index contributed by atoms with van der Waals surface area (Å²) < 4.78 is 0.985. The standard InChI is InChI=1S/C12H15BrN2O/c1-8(16)15-7-12(2,3)14-10-5-4-9(13)6-11(10)15/h4-6,14H,7H2,1-3H3. The normalized spacial score (nSPS) is 17.6. The van der Waals surface area contributed by atoms with Gasteiger partial charge in [-0.3, -0.25) is 4.79 Å². The van der Waals surface area contributed by atoms with Crippen LogP contribution in [0.2, 0.25) is 0 Å². The molecule has 1 aromatic carbocycles. The number of rotatable bonds is 0. The topological polar surface area (TPSA) is 32.3 Å². The predicted octanol–water partition coefficient (Wildman–Crippen LogP) is 3.01. The van der Waals surface area contributed by atoms with Crippen LogP contribution in [0, 0.1) is 0 Å². The van der Waals surface area contributed by atoms with Gasteiger partial charge >= 0.3 is 0 Å². The van der Waals surface area contributed by atoms with Crippen LogP contribution in [0.1, 0.15) is 20.8 Å². The first-order valence-electron chi connectivity index (χ1n) is 5.25. The molecule has 1 N–H and O–H groups in total. The van der Waals surface area contributed by atoms with Crippen LogP contribution >= 0.6 is 15.9 Å². The molecule has 0 bridgehead atoms. The Morgan fingerprint density at radius 2 is 2.19 bits per heavy atom. The average molecular weight is 283 g/mol. The summed E-state index contributed by atoms with van der Waals surface area (Å²) in [5.41, 5.74) is 1.86. The molecule has 0 saturated heterocycles. The second-order valence-corrected chi connectivity index (χ2v) is 5.69. The fraction of sp³-hybridized carbons (Fsp3) is 0.417. The number of benzene rings is 1. The van der Waals surface area contributed by atoms with E-state index in [2.05, 4.69) is 35.1 Å². The molecule has 1 aromatic rings. The minimum atomic E-state index is -0.0908. The van der Waals surface area contributed by atoms with E-state index in [-0.39, 0.29) is 11.4 Å². The zero-order chi connectivity index (χ0) is 11.9. The Kier molecular flexibility index (Phi) is 2.70. The molecule has 0 fully saturated rings. The summed E-state index contributed by atoms with van der Waals surface area (Å²) in [5.74, 6) is 0.0777. The van der Waals surface area contributed by atoms with E-state index in [4.69, 9.17) is 0 Å². The molecule has 0 atom stereocenters. The van der Waals surface area contributed by atoms with Gasteiger partial charge in [0.25, 0.3) is 0 Å². The van der Waals surface area contributed by atoms with Crippen LogP contribution < -0.4 is 10.2 Å². The zero-order valence-electron chi connectivity index (χ0n) is 9.67. The van der Waals surface area contributed by atoms with E-state index < -0.39 is 0 Å². The van der Waals surface area contributed by atoms with Crippen molar-refractivity contribution in [2.45, 2.75) is 26.3 Å². The number of carbonyl (C=O) groups excluding carboxylic acids is 1. The molecule has 3 nitrogen and oxygen atoms in total. The fourth-order valence-electron chi connectivity index (χ4n) is 2.00. The third kappa shape index (κ3) is 2.07. The molecule has 0 saturated carbocycles. The molecule has 4 heteroatoms. The number of fused-ring (bicyclic) bond motifs is 1. The van der Waals surface area contributed by atoms with Gasteiger partial charge in [-0.1, -0.05) is 15.9 Å². The second kappa shape index (κ2) is 3.77. The monoisotopic (exact) mass is 282 g/mol. The lowest BCUT2D eigenvalue weighted by atomic mass is 9.99. The van der Waals surface area contributed by atoms with E-state index >= 15 is 0 Å². The highest BCUT2D eigenvalue weighted by atomic mass is 79.9. The molecule has 1 aliphatic heterocycles. The number of anilines is 2. The Labute approximate surface area is 104 Å². The summed E-state index contributed by atoms with van der Waals surface area (Å²) >= 11 is 3.43. The first-order chi connectivity index (χ1) is 7.39. The van der Waals surface area contributed by atoms with Gasteiger partial charge in [-0.05, 0) is 32.0 Å². The Morgan fingerprint density at radius 3 is 2.81 bits per heavy atom. The maximum atomic E-state index is 11.6. The number of hydrogen-bond acceptors (Lipinski definition) is 2. The number of carbonyl (C=O) groups is 1. The van der Waals surface area contributed by atoms with Gasteiger partial charge < -0.3 is 10.2 Å². The number of nitrogens with zero attached hydrogens (tertiary/aromatic N) is 1. The van der Waals surface area contributed by atoms with Crippen LogP contribution in [-0.4, -0.2) is 18.0 Å². The Bertz CT molecular complexity index is 443. The molecule has 1 aliphatic rings. The molecule has 0 unspecified atom stereocenters.